The van der Waals surface area contributed by atoms with Gasteiger partial charge in [-0.05, 0) is 55.2 Å². The zero-order chi connectivity index (χ0) is 22.0. The summed E-state index contributed by atoms with van der Waals surface area (Å²) in [7, 11) is 1.64. The highest BCUT2D eigenvalue weighted by atomic mass is 16.5. The molecular formula is C24H28N2O5. The molecule has 1 aliphatic rings. The smallest absolute Gasteiger partial charge is 0.243 e. The van der Waals surface area contributed by atoms with Crippen molar-refractivity contribution in [1.29, 1.82) is 0 Å². The van der Waals surface area contributed by atoms with Crippen molar-refractivity contribution < 1.29 is 18.6 Å². The molecule has 1 saturated heterocycles. The van der Waals surface area contributed by atoms with E-state index in [1.807, 2.05) is 49.1 Å². The number of hydrogen-bond donors (Lipinski definition) is 1. The van der Waals surface area contributed by atoms with Crippen LogP contribution < -0.4 is 25.5 Å². The molecule has 4 rings (SSSR count). The third kappa shape index (κ3) is 4.05. The van der Waals surface area contributed by atoms with Crippen LogP contribution in [0.25, 0.3) is 11.0 Å². The van der Waals surface area contributed by atoms with Crippen LogP contribution in [0.2, 0.25) is 0 Å². The Labute approximate surface area is 181 Å². The van der Waals surface area contributed by atoms with Gasteiger partial charge in [0.1, 0.15) is 11.3 Å². The summed E-state index contributed by atoms with van der Waals surface area (Å²) in [6, 6.07) is 9.81. The Kier molecular flexibility index (Phi) is 6.04. The number of rotatable bonds is 6. The molecule has 0 atom stereocenters. The van der Waals surface area contributed by atoms with E-state index < -0.39 is 0 Å². The van der Waals surface area contributed by atoms with Gasteiger partial charge in [0.05, 0.1) is 38.0 Å². The van der Waals surface area contributed by atoms with Gasteiger partial charge >= 0.3 is 0 Å². The molecule has 0 saturated carbocycles. The fourth-order valence-electron chi connectivity index (χ4n) is 3.95. The van der Waals surface area contributed by atoms with Gasteiger partial charge in [-0.3, -0.25) is 4.79 Å². The molecule has 1 aromatic heterocycles. The zero-order valence-electron chi connectivity index (χ0n) is 18.2. The topological polar surface area (TPSA) is 87.2 Å². The van der Waals surface area contributed by atoms with Gasteiger partial charge in [0.15, 0.2) is 0 Å². The molecule has 1 fully saturated rings. The van der Waals surface area contributed by atoms with E-state index in [0.717, 1.165) is 22.4 Å². The summed E-state index contributed by atoms with van der Waals surface area (Å²) in [4.78, 5) is 15.5. The van der Waals surface area contributed by atoms with E-state index in [1.54, 1.807) is 7.11 Å². The van der Waals surface area contributed by atoms with Crippen molar-refractivity contribution >= 4 is 22.5 Å². The molecule has 2 N–H and O–H groups in total. The van der Waals surface area contributed by atoms with Gasteiger partial charge in [-0.25, -0.2) is 0 Å². The van der Waals surface area contributed by atoms with E-state index in [1.165, 1.54) is 0 Å². The lowest BCUT2D eigenvalue weighted by Gasteiger charge is -2.28. The number of nitrogens with zero attached hydrogens (tertiary/aromatic N) is 1. The van der Waals surface area contributed by atoms with Crippen molar-refractivity contribution in [2.75, 3.05) is 50.7 Å². The SMILES string of the molecule is CCOc1c(N2CCOCC2)oc2c(C)cc(Cc3ccc(OC)cc3)c(N)c2c1=O. The van der Waals surface area contributed by atoms with Crippen LogP contribution in [0.5, 0.6) is 11.5 Å². The van der Waals surface area contributed by atoms with E-state index in [2.05, 4.69) is 0 Å². The average molecular weight is 424 g/mol. The Morgan fingerprint density at radius 2 is 1.87 bits per heavy atom. The molecule has 0 radical (unpaired) electrons. The quantitative estimate of drug-likeness (QED) is 0.606. The van der Waals surface area contributed by atoms with Gasteiger partial charge in [0.25, 0.3) is 0 Å². The predicted molar refractivity (Wildman–Crippen MR) is 122 cm³/mol. The molecule has 0 bridgehead atoms. The van der Waals surface area contributed by atoms with E-state index in [9.17, 15) is 4.79 Å². The lowest BCUT2D eigenvalue weighted by atomic mass is 9.98. The van der Waals surface area contributed by atoms with Gasteiger partial charge in [-0.2, -0.15) is 0 Å². The summed E-state index contributed by atoms with van der Waals surface area (Å²) in [6.45, 7) is 6.58. The molecule has 2 heterocycles. The second-order valence-corrected chi connectivity index (χ2v) is 7.59. The highest BCUT2D eigenvalue weighted by Gasteiger charge is 2.25. The van der Waals surface area contributed by atoms with Gasteiger partial charge in [-0.1, -0.05) is 12.1 Å². The normalized spacial score (nSPS) is 14.1. The minimum Gasteiger partial charge on any atom is -0.497 e. The van der Waals surface area contributed by atoms with Crippen molar-refractivity contribution in [3.05, 3.63) is 57.2 Å². The number of nitrogen functional groups attached to an aromatic ring is 1. The lowest BCUT2D eigenvalue weighted by molar-refractivity contribution is 0.120. The Morgan fingerprint density at radius 3 is 2.52 bits per heavy atom. The van der Waals surface area contributed by atoms with Crippen molar-refractivity contribution in [2.24, 2.45) is 0 Å². The molecule has 31 heavy (non-hydrogen) atoms. The fraction of sp³-hybridized carbons (Fsp3) is 0.375. The first kappa shape index (κ1) is 21.1. The Hall–Kier alpha value is -3.19. The Balaban J connectivity index is 1.83. The lowest BCUT2D eigenvalue weighted by Crippen LogP contribution is -2.37. The van der Waals surface area contributed by atoms with Gasteiger partial charge in [0.2, 0.25) is 17.1 Å². The van der Waals surface area contributed by atoms with Crippen LogP contribution in [0.15, 0.2) is 39.5 Å². The average Bonchev–Trinajstić information content (AvgIpc) is 2.79. The largest absolute Gasteiger partial charge is 0.497 e. The number of benzene rings is 2. The number of nitrogens with two attached hydrogens (primary N) is 1. The highest BCUT2D eigenvalue weighted by molar-refractivity contribution is 5.94. The summed E-state index contributed by atoms with van der Waals surface area (Å²) in [6.07, 6.45) is 0.598. The van der Waals surface area contributed by atoms with Crippen LogP contribution in [-0.4, -0.2) is 40.0 Å². The van der Waals surface area contributed by atoms with Crippen molar-refractivity contribution in [1.82, 2.24) is 0 Å². The van der Waals surface area contributed by atoms with Crippen LogP contribution in [-0.2, 0) is 11.2 Å². The number of morpholine rings is 1. The summed E-state index contributed by atoms with van der Waals surface area (Å²) in [5.41, 5.74) is 10.0. The maximum absolute atomic E-state index is 13.5. The van der Waals surface area contributed by atoms with Crippen molar-refractivity contribution in [3.8, 4) is 11.5 Å². The fourth-order valence-corrected chi connectivity index (χ4v) is 3.95. The van der Waals surface area contributed by atoms with Crippen LogP contribution in [0, 0.1) is 6.92 Å². The van der Waals surface area contributed by atoms with Gasteiger partial charge < -0.3 is 29.3 Å². The maximum Gasteiger partial charge on any atom is 0.243 e. The zero-order valence-corrected chi connectivity index (χ0v) is 18.2. The van der Waals surface area contributed by atoms with E-state index >= 15 is 0 Å². The number of aryl methyl sites for hydroxylation is 1. The monoisotopic (exact) mass is 424 g/mol. The number of hydrogen-bond acceptors (Lipinski definition) is 7. The maximum atomic E-state index is 13.5. The third-order valence-electron chi connectivity index (χ3n) is 5.56. The second-order valence-electron chi connectivity index (χ2n) is 7.59. The molecular weight excluding hydrogens is 396 g/mol. The van der Waals surface area contributed by atoms with Crippen LogP contribution >= 0.6 is 0 Å². The predicted octanol–water partition coefficient (Wildman–Crippen LogP) is 3.52. The van der Waals surface area contributed by atoms with E-state index in [-0.39, 0.29) is 11.2 Å². The molecule has 7 heteroatoms. The molecule has 2 aromatic carbocycles. The number of fused-ring (bicyclic) bond motifs is 1. The van der Waals surface area contributed by atoms with Crippen LogP contribution in [0.1, 0.15) is 23.6 Å². The molecule has 0 unspecified atom stereocenters. The molecule has 1 aliphatic heterocycles. The summed E-state index contributed by atoms with van der Waals surface area (Å²) < 4.78 is 22.7. The molecule has 0 amide bonds. The van der Waals surface area contributed by atoms with Crippen LogP contribution in [0.3, 0.4) is 0 Å². The standard InChI is InChI=1S/C24H28N2O5/c1-4-30-23-21(27)19-20(25)17(14-16-5-7-18(28-3)8-6-16)13-15(2)22(19)31-24(23)26-9-11-29-12-10-26/h5-8,13H,4,9-12,14,25H2,1-3H3. The second kappa shape index (κ2) is 8.89. The number of methoxy groups -OCH3 is 1. The minimum absolute atomic E-state index is 0.213. The van der Waals surface area contributed by atoms with Gasteiger partial charge in [0, 0.05) is 13.1 Å². The molecule has 164 valence electrons. The third-order valence-corrected chi connectivity index (χ3v) is 5.56. The minimum atomic E-state index is -0.234. The summed E-state index contributed by atoms with van der Waals surface area (Å²) >= 11 is 0. The number of anilines is 2. The highest BCUT2D eigenvalue weighted by Crippen LogP contribution is 2.35. The molecule has 3 aromatic rings. The van der Waals surface area contributed by atoms with E-state index in [0.29, 0.717) is 61.9 Å². The van der Waals surface area contributed by atoms with Crippen LogP contribution in [0.4, 0.5) is 11.6 Å². The molecule has 0 spiro atoms. The van der Waals surface area contributed by atoms with Crippen molar-refractivity contribution in [3.63, 3.8) is 0 Å². The van der Waals surface area contributed by atoms with Crippen molar-refractivity contribution in [2.45, 2.75) is 20.3 Å². The first-order chi connectivity index (χ1) is 15.0. The molecule has 0 aliphatic carbocycles. The van der Waals surface area contributed by atoms with E-state index in [4.69, 9.17) is 24.4 Å². The molecule has 7 nitrogen and oxygen atoms in total. The first-order valence-corrected chi connectivity index (χ1v) is 10.5. The summed E-state index contributed by atoms with van der Waals surface area (Å²) in [5.74, 6) is 1.46. The Morgan fingerprint density at radius 1 is 1.16 bits per heavy atom. The summed E-state index contributed by atoms with van der Waals surface area (Å²) in [5, 5.41) is 0.379. The Bertz CT molecular complexity index is 1130. The van der Waals surface area contributed by atoms with Gasteiger partial charge in [-0.15, -0.1) is 0 Å². The first-order valence-electron chi connectivity index (χ1n) is 10.5. The number of ether oxygens (including phenoxy) is 3.